The number of fused-ring (bicyclic) bond motifs is 1. The van der Waals surface area contributed by atoms with Gasteiger partial charge in [-0.15, -0.1) is 11.3 Å². The molecule has 74 valence electrons. The Morgan fingerprint density at radius 1 is 1.21 bits per heavy atom. The molecule has 0 fully saturated rings. The van der Waals surface area contributed by atoms with E-state index in [0.29, 0.717) is 0 Å². The lowest BCUT2D eigenvalue weighted by Crippen LogP contribution is -2.17. The average Bonchev–Trinajstić information content (AvgIpc) is 2.63. The molecular formula is C11H14N2S. The Morgan fingerprint density at radius 2 is 2.07 bits per heavy atom. The Kier molecular flexibility index (Phi) is 3.01. The zero-order valence-electron chi connectivity index (χ0n) is 8.21. The number of anilines is 1. The van der Waals surface area contributed by atoms with Gasteiger partial charge in [0.2, 0.25) is 0 Å². The standard InChI is InChI=1S/C11H14N2S/c1-12-6-7-13-10-8-14-11-5-3-2-4-9(10)11/h2-5,8,12-13H,6-7H2,1H3. The number of thiophene rings is 1. The van der Waals surface area contributed by atoms with Gasteiger partial charge >= 0.3 is 0 Å². The van der Waals surface area contributed by atoms with Gasteiger partial charge in [-0.25, -0.2) is 0 Å². The summed E-state index contributed by atoms with van der Waals surface area (Å²) in [7, 11) is 1.97. The molecule has 2 aromatic rings. The molecule has 1 aromatic carbocycles. The van der Waals surface area contributed by atoms with Gasteiger partial charge < -0.3 is 10.6 Å². The van der Waals surface area contributed by atoms with E-state index in [1.54, 1.807) is 11.3 Å². The summed E-state index contributed by atoms with van der Waals surface area (Å²) in [6.07, 6.45) is 0. The van der Waals surface area contributed by atoms with Crippen molar-refractivity contribution in [1.29, 1.82) is 0 Å². The molecule has 0 spiro atoms. The SMILES string of the molecule is CNCCNc1csc2ccccc12. The van der Waals surface area contributed by atoms with Crippen LogP contribution in [0.1, 0.15) is 0 Å². The van der Waals surface area contributed by atoms with E-state index in [4.69, 9.17) is 0 Å². The maximum atomic E-state index is 3.42. The molecule has 0 bridgehead atoms. The van der Waals surface area contributed by atoms with Gasteiger partial charge in [-0.2, -0.15) is 0 Å². The van der Waals surface area contributed by atoms with Crippen LogP contribution in [-0.4, -0.2) is 20.1 Å². The predicted molar refractivity (Wildman–Crippen MR) is 64.2 cm³/mol. The quantitative estimate of drug-likeness (QED) is 0.751. The van der Waals surface area contributed by atoms with Crippen LogP contribution in [0.4, 0.5) is 5.69 Å². The lowest BCUT2D eigenvalue weighted by Gasteiger charge is -2.03. The van der Waals surface area contributed by atoms with Gasteiger partial charge in [-0.05, 0) is 13.1 Å². The van der Waals surface area contributed by atoms with Crippen molar-refractivity contribution in [1.82, 2.24) is 5.32 Å². The highest BCUT2D eigenvalue weighted by molar-refractivity contribution is 7.17. The molecule has 0 radical (unpaired) electrons. The van der Waals surface area contributed by atoms with E-state index >= 15 is 0 Å². The monoisotopic (exact) mass is 206 g/mol. The van der Waals surface area contributed by atoms with Gasteiger partial charge in [0, 0.05) is 28.6 Å². The zero-order valence-corrected chi connectivity index (χ0v) is 9.03. The van der Waals surface area contributed by atoms with Crippen molar-refractivity contribution in [2.24, 2.45) is 0 Å². The average molecular weight is 206 g/mol. The van der Waals surface area contributed by atoms with E-state index in [-0.39, 0.29) is 0 Å². The second-order valence-corrected chi connectivity index (χ2v) is 4.09. The lowest BCUT2D eigenvalue weighted by molar-refractivity contribution is 0.824. The normalized spacial score (nSPS) is 10.6. The summed E-state index contributed by atoms with van der Waals surface area (Å²) in [6.45, 7) is 1.96. The minimum Gasteiger partial charge on any atom is -0.383 e. The molecule has 2 nitrogen and oxygen atoms in total. The minimum atomic E-state index is 0.969. The number of hydrogen-bond donors (Lipinski definition) is 2. The third kappa shape index (κ3) is 1.89. The first-order chi connectivity index (χ1) is 6.92. The van der Waals surface area contributed by atoms with Crippen LogP contribution in [0.25, 0.3) is 10.1 Å². The van der Waals surface area contributed by atoms with Crippen molar-refractivity contribution in [3.8, 4) is 0 Å². The first kappa shape index (κ1) is 9.49. The maximum absolute atomic E-state index is 3.42. The van der Waals surface area contributed by atoms with E-state index in [9.17, 15) is 0 Å². The fourth-order valence-electron chi connectivity index (χ4n) is 1.44. The molecule has 2 N–H and O–H groups in total. The fraction of sp³-hybridized carbons (Fsp3) is 0.273. The molecule has 0 saturated heterocycles. The third-order valence-electron chi connectivity index (χ3n) is 2.17. The van der Waals surface area contributed by atoms with Crippen molar-refractivity contribution < 1.29 is 0 Å². The first-order valence-electron chi connectivity index (χ1n) is 4.76. The molecule has 0 atom stereocenters. The van der Waals surface area contributed by atoms with E-state index in [1.807, 2.05) is 7.05 Å². The summed E-state index contributed by atoms with van der Waals surface area (Å²) < 4.78 is 1.35. The molecule has 0 amide bonds. The van der Waals surface area contributed by atoms with Crippen molar-refractivity contribution in [2.45, 2.75) is 0 Å². The van der Waals surface area contributed by atoms with Crippen LogP contribution in [0.15, 0.2) is 29.6 Å². The van der Waals surface area contributed by atoms with Crippen LogP contribution in [0.5, 0.6) is 0 Å². The van der Waals surface area contributed by atoms with Crippen LogP contribution >= 0.6 is 11.3 Å². The topological polar surface area (TPSA) is 24.1 Å². The molecule has 14 heavy (non-hydrogen) atoms. The maximum Gasteiger partial charge on any atom is 0.0529 e. The fourth-order valence-corrected chi connectivity index (χ4v) is 2.35. The number of hydrogen-bond acceptors (Lipinski definition) is 3. The predicted octanol–water partition coefficient (Wildman–Crippen LogP) is 2.53. The van der Waals surface area contributed by atoms with Crippen LogP contribution in [-0.2, 0) is 0 Å². The van der Waals surface area contributed by atoms with E-state index in [1.165, 1.54) is 15.8 Å². The van der Waals surface area contributed by atoms with Gasteiger partial charge in [0.15, 0.2) is 0 Å². The van der Waals surface area contributed by atoms with E-state index in [0.717, 1.165) is 13.1 Å². The summed E-state index contributed by atoms with van der Waals surface area (Å²) in [5.74, 6) is 0. The molecule has 2 rings (SSSR count). The molecule has 0 unspecified atom stereocenters. The van der Waals surface area contributed by atoms with Gasteiger partial charge in [-0.3, -0.25) is 0 Å². The minimum absolute atomic E-state index is 0.969. The Hall–Kier alpha value is -1.06. The molecule has 0 aliphatic heterocycles. The van der Waals surface area contributed by atoms with Gasteiger partial charge in [0.25, 0.3) is 0 Å². The molecule has 0 aliphatic rings. The largest absolute Gasteiger partial charge is 0.383 e. The van der Waals surface area contributed by atoms with E-state index < -0.39 is 0 Å². The van der Waals surface area contributed by atoms with Gasteiger partial charge in [0.1, 0.15) is 0 Å². The van der Waals surface area contributed by atoms with Gasteiger partial charge in [0.05, 0.1) is 5.69 Å². The van der Waals surface area contributed by atoms with Crippen LogP contribution in [0.2, 0.25) is 0 Å². The summed E-state index contributed by atoms with van der Waals surface area (Å²) >= 11 is 1.79. The highest BCUT2D eigenvalue weighted by atomic mass is 32.1. The molecule has 1 aromatic heterocycles. The van der Waals surface area contributed by atoms with Crippen molar-refractivity contribution in [2.75, 3.05) is 25.5 Å². The lowest BCUT2D eigenvalue weighted by atomic mass is 10.2. The zero-order chi connectivity index (χ0) is 9.80. The van der Waals surface area contributed by atoms with Crippen molar-refractivity contribution in [3.63, 3.8) is 0 Å². The Bertz CT molecular complexity index is 408. The Labute approximate surface area is 87.9 Å². The Balaban J connectivity index is 2.17. The van der Waals surface area contributed by atoms with E-state index in [2.05, 4.69) is 40.3 Å². The number of benzene rings is 1. The summed E-state index contributed by atoms with van der Waals surface area (Å²) in [6, 6.07) is 8.48. The third-order valence-corrected chi connectivity index (χ3v) is 3.13. The number of likely N-dealkylation sites (N-methyl/N-ethyl adjacent to an activating group) is 1. The van der Waals surface area contributed by atoms with Gasteiger partial charge in [-0.1, -0.05) is 18.2 Å². The first-order valence-corrected chi connectivity index (χ1v) is 5.64. The van der Waals surface area contributed by atoms with Crippen LogP contribution in [0, 0.1) is 0 Å². The molecule has 0 aliphatic carbocycles. The summed E-state index contributed by atoms with van der Waals surface area (Å²) in [4.78, 5) is 0. The van der Waals surface area contributed by atoms with Crippen LogP contribution in [0.3, 0.4) is 0 Å². The highest BCUT2D eigenvalue weighted by Crippen LogP contribution is 2.29. The van der Waals surface area contributed by atoms with Crippen LogP contribution < -0.4 is 10.6 Å². The molecule has 0 saturated carbocycles. The second kappa shape index (κ2) is 4.44. The summed E-state index contributed by atoms with van der Waals surface area (Å²) in [5, 5.41) is 10.0. The second-order valence-electron chi connectivity index (χ2n) is 3.18. The highest BCUT2D eigenvalue weighted by Gasteiger charge is 2.00. The molecular weight excluding hydrogens is 192 g/mol. The van der Waals surface area contributed by atoms with Crippen molar-refractivity contribution >= 4 is 27.1 Å². The number of rotatable bonds is 4. The Morgan fingerprint density at radius 3 is 2.93 bits per heavy atom. The number of nitrogens with one attached hydrogen (secondary N) is 2. The smallest absolute Gasteiger partial charge is 0.0529 e. The summed E-state index contributed by atoms with van der Waals surface area (Å²) in [5.41, 5.74) is 1.25. The molecule has 3 heteroatoms. The van der Waals surface area contributed by atoms with Crippen molar-refractivity contribution in [3.05, 3.63) is 29.6 Å². The molecule has 1 heterocycles.